The Kier molecular flexibility index (Phi) is 5.18. The van der Waals surface area contributed by atoms with Gasteiger partial charge in [-0.2, -0.15) is 15.3 Å². The molecule has 9 nitrogen and oxygen atoms in total. The van der Waals surface area contributed by atoms with E-state index in [1.54, 1.807) is 29.3 Å². The Labute approximate surface area is 173 Å². The van der Waals surface area contributed by atoms with Crippen LogP contribution in [-0.2, 0) is 7.05 Å². The van der Waals surface area contributed by atoms with Crippen molar-refractivity contribution >= 4 is 34.9 Å². The molecule has 0 aliphatic carbocycles. The van der Waals surface area contributed by atoms with Gasteiger partial charge < -0.3 is 15.1 Å². The van der Waals surface area contributed by atoms with Crippen LogP contribution in [0.1, 0.15) is 12.0 Å². The molecule has 1 atom stereocenters. The minimum Gasteiger partial charge on any atom is -0.354 e. The van der Waals surface area contributed by atoms with Gasteiger partial charge in [0, 0.05) is 45.6 Å². The Bertz CT molecular complexity index is 1040. The molecule has 4 rings (SSSR count). The Balaban J connectivity index is 1.48. The summed E-state index contributed by atoms with van der Waals surface area (Å²) < 4.78 is 1.70. The van der Waals surface area contributed by atoms with Crippen molar-refractivity contribution in [1.82, 2.24) is 24.7 Å². The van der Waals surface area contributed by atoms with Gasteiger partial charge in [-0.3, -0.25) is 4.68 Å². The topological polar surface area (TPSA) is 98.8 Å². The van der Waals surface area contributed by atoms with Gasteiger partial charge in [-0.15, -0.1) is 0 Å². The van der Waals surface area contributed by atoms with Crippen LogP contribution in [0.15, 0.2) is 36.9 Å². The highest BCUT2D eigenvalue weighted by molar-refractivity contribution is 6.32. The number of likely N-dealkylation sites (N-methyl/N-ethyl adjacent to an activating group) is 1. The second-order valence-electron chi connectivity index (χ2n) is 6.91. The molecular formula is C19H20ClN9. The third kappa shape index (κ3) is 4.07. The Morgan fingerprint density at radius 3 is 2.83 bits per heavy atom. The first-order valence-electron chi connectivity index (χ1n) is 9.15. The van der Waals surface area contributed by atoms with E-state index in [0.717, 1.165) is 31.0 Å². The molecule has 3 aromatic heterocycles. The van der Waals surface area contributed by atoms with Gasteiger partial charge in [-0.25, -0.2) is 9.97 Å². The van der Waals surface area contributed by atoms with E-state index in [9.17, 15) is 0 Å². The number of aromatic nitrogens is 5. The monoisotopic (exact) mass is 409 g/mol. The maximum Gasteiger partial charge on any atom is 0.229 e. The number of nitrogens with one attached hydrogen (secondary N) is 1. The quantitative estimate of drug-likeness (QED) is 0.686. The van der Waals surface area contributed by atoms with Crippen LogP contribution in [0.5, 0.6) is 0 Å². The fourth-order valence-corrected chi connectivity index (χ4v) is 3.58. The second kappa shape index (κ2) is 7.93. The van der Waals surface area contributed by atoms with Crippen molar-refractivity contribution in [2.75, 3.05) is 35.3 Å². The number of rotatable bonds is 5. The summed E-state index contributed by atoms with van der Waals surface area (Å²) in [6, 6.07) is 5.99. The molecule has 10 heteroatoms. The van der Waals surface area contributed by atoms with Crippen molar-refractivity contribution in [3.8, 4) is 6.07 Å². The summed E-state index contributed by atoms with van der Waals surface area (Å²) in [7, 11) is 3.84. The largest absolute Gasteiger partial charge is 0.354 e. The fourth-order valence-electron chi connectivity index (χ4n) is 3.36. The molecule has 3 aromatic rings. The van der Waals surface area contributed by atoms with Gasteiger partial charge in [-0.05, 0) is 18.6 Å². The summed E-state index contributed by atoms with van der Waals surface area (Å²) in [6.45, 7) is 1.67. The molecule has 0 radical (unpaired) electrons. The van der Waals surface area contributed by atoms with Crippen molar-refractivity contribution in [2.24, 2.45) is 7.05 Å². The standard InChI is InChI=1S/C19H20ClN9/c1-27-11-14(9-24-27)25-19-23-10-16(20)18(26-19)28(2)15-5-6-29(12-15)17-4-3-13(7-21)8-22-17/h3-4,8-11,15H,5-6,12H2,1-2H3,(H,23,25,26). The van der Waals surface area contributed by atoms with Crippen molar-refractivity contribution in [1.29, 1.82) is 5.26 Å². The Morgan fingerprint density at radius 1 is 1.28 bits per heavy atom. The minimum absolute atomic E-state index is 0.228. The van der Waals surface area contributed by atoms with Gasteiger partial charge in [-0.1, -0.05) is 11.6 Å². The summed E-state index contributed by atoms with van der Waals surface area (Å²) in [6.07, 6.45) is 7.71. The van der Waals surface area contributed by atoms with Crippen LogP contribution in [-0.4, -0.2) is 50.9 Å². The van der Waals surface area contributed by atoms with Crippen LogP contribution in [0.25, 0.3) is 0 Å². The average molecular weight is 410 g/mol. The third-order valence-electron chi connectivity index (χ3n) is 4.93. The fraction of sp³-hybridized carbons (Fsp3) is 0.316. The highest BCUT2D eigenvalue weighted by Crippen LogP contribution is 2.29. The molecule has 0 saturated carbocycles. The number of hydrogen-bond acceptors (Lipinski definition) is 8. The van der Waals surface area contributed by atoms with Crippen LogP contribution in [0.2, 0.25) is 5.02 Å². The van der Waals surface area contributed by atoms with Crippen molar-refractivity contribution in [3.05, 3.63) is 47.5 Å². The predicted octanol–water partition coefficient (Wildman–Crippen LogP) is 2.59. The van der Waals surface area contributed by atoms with Gasteiger partial charge in [0.1, 0.15) is 16.9 Å². The molecule has 1 saturated heterocycles. The van der Waals surface area contributed by atoms with E-state index in [-0.39, 0.29) is 6.04 Å². The maximum absolute atomic E-state index is 8.93. The van der Waals surface area contributed by atoms with Gasteiger partial charge in [0.15, 0.2) is 5.82 Å². The highest BCUT2D eigenvalue weighted by atomic mass is 35.5. The highest BCUT2D eigenvalue weighted by Gasteiger charge is 2.28. The first kappa shape index (κ1) is 19.0. The van der Waals surface area contributed by atoms with E-state index in [1.165, 1.54) is 0 Å². The lowest BCUT2D eigenvalue weighted by Crippen LogP contribution is -2.35. The van der Waals surface area contributed by atoms with E-state index < -0.39 is 0 Å². The summed E-state index contributed by atoms with van der Waals surface area (Å²) >= 11 is 6.40. The number of nitriles is 1. The lowest BCUT2D eigenvalue weighted by molar-refractivity contribution is 0.683. The van der Waals surface area contributed by atoms with E-state index in [1.807, 2.05) is 26.4 Å². The lowest BCUT2D eigenvalue weighted by Gasteiger charge is -2.27. The predicted molar refractivity (Wildman–Crippen MR) is 112 cm³/mol. The lowest BCUT2D eigenvalue weighted by atomic mass is 10.2. The normalized spacial score (nSPS) is 15.9. The molecule has 4 heterocycles. The third-order valence-corrected chi connectivity index (χ3v) is 5.20. The van der Waals surface area contributed by atoms with Crippen molar-refractivity contribution in [3.63, 3.8) is 0 Å². The maximum atomic E-state index is 8.93. The molecular weight excluding hydrogens is 390 g/mol. The van der Waals surface area contributed by atoms with Crippen LogP contribution in [0.3, 0.4) is 0 Å². The van der Waals surface area contributed by atoms with Crippen molar-refractivity contribution in [2.45, 2.75) is 12.5 Å². The number of pyridine rings is 1. The number of anilines is 4. The Morgan fingerprint density at radius 2 is 2.14 bits per heavy atom. The molecule has 1 aliphatic rings. The minimum atomic E-state index is 0.228. The van der Waals surface area contributed by atoms with E-state index >= 15 is 0 Å². The van der Waals surface area contributed by atoms with Crippen LogP contribution >= 0.6 is 11.6 Å². The summed E-state index contributed by atoms with van der Waals surface area (Å²) in [5, 5.41) is 16.7. The van der Waals surface area contributed by atoms with Gasteiger partial charge in [0.25, 0.3) is 0 Å². The number of hydrogen-bond donors (Lipinski definition) is 1. The average Bonchev–Trinajstić information content (AvgIpc) is 3.38. The number of nitrogens with zero attached hydrogens (tertiary/aromatic N) is 8. The molecule has 0 spiro atoms. The van der Waals surface area contributed by atoms with Crippen LogP contribution in [0.4, 0.5) is 23.3 Å². The van der Waals surface area contributed by atoms with Gasteiger partial charge >= 0.3 is 0 Å². The molecule has 1 unspecified atom stereocenters. The molecule has 148 valence electrons. The molecule has 1 aliphatic heterocycles. The second-order valence-corrected chi connectivity index (χ2v) is 7.32. The number of aryl methyl sites for hydroxylation is 1. The summed E-state index contributed by atoms with van der Waals surface area (Å²) in [5.41, 5.74) is 1.37. The van der Waals surface area contributed by atoms with Crippen molar-refractivity contribution < 1.29 is 0 Å². The van der Waals surface area contributed by atoms with Gasteiger partial charge in [0.2, 0.25) is 5.95 Å². The molecule has 0 bridgehead atoms. The van der Waals surface area contributed by atoms with E-state index in [0.29, 0.717) is 22.4 Å². The zero-order valence-electron chi connectivity index (χ0n) is 16.1. The van der Waals surface area contributed by atoms with Gasteiger partial charge in [0.05, 0.1) is 23.6 Å². The van der Waals surface area contributed by atoms with E-state index in [2.05, 4.69) is 41.2 Å². The molecule has 1 fully saturated rings. The Hall–Kier alpha value is -3.38. The zero-order chi connectivity index (χ0) is 20.4. The van der Waals surface area contributed by atoms with Crippen LogP contribution in [0, 0.1) is 11.3 Å². The molecule has 0 amide bonds. The SMILES string of the molecule is CN(c1nc(Nc2cnn(C)c2)ncc1Cl)C1CCN(c2ccc(C#N)cn2)C1. The first-order chi connectivity index (χ1) is 14.0. The van der Waals surface area contributed by atoms with E-state index in [4.69, 9.17) is 16.9 Å². The van der Waals surface area contributed by atoms with Crippen LogP contribution < -0.4 is 15.1 Å². The molecule has 29 heavy (non-hydrogen) atoms. The summed E-state index contributed by atoms with van der Waals surface area (Å²) in [5.74, 6) is 2.01. The first-order valence-corrected chi connectivity index (χ1v) is 9.53. The molecule has 0 aromatic carbocycles. The summed E-state index contributed by atoms with van der Waals surface area (Å²) in [4.78, 5) is 17.6. The zero-order valence-corrected chi connectivity index (χ0v) is 16.9. The molecule has 1 N–H and O–H groups in total. The number of halogens is 1. The smallest absolute Gasteiger partial charge is 0.229 e.